The van der Waals surface area contributed by atoms with Crippen LogP contribution in [0.5, 0.6) is 0 Å². The van der Waals surface area contributed by atoms with Crippen LogP contribution in [0.25, 0.3) is 0 Å². The van der Waals surface area contributed by atoms with Gasteiger partial charge in [0.05, 0.1) is 5.92 Å². The zero-order chi connectivity index (χ0) is 13.4. The molecular weight excluding hydrogens is 230 g/mol. The Kier molecular flexibility index (Phi) is 6.39. The smallest absolute Gasteiger partial charge is 0.310 e. The van der Waals surface area contributed by atoms with Crippen LogP contribution in [0.2, 0.25) is 0 Å². The molecular formula is C14H21NO3. The van der Waals surface area contributed by atoms with Gasteiger partial charge in [-0.1, -0.05) is 24.3 Å². The number of benzene rings is 1. The fourth-order valence-electron chi connectivity index (χ4n) is 1.66. The molecule has 1 aromatic rings. The number of aliphatic hydroxyl groups is 1. The first-order chi connectivity index (χ1) is 8.65. The number of hydrogen-bond acceptors (Lipinski definition) is 3. The summed E-state index contributed by atoms with van der Waals surface area (Å²) in [6, 6.07) is 7.63. The Morgan fingerprint density at radius 3 is 2.50 bits per heavy atom. The van der Waals surface area contributed by atoms with Crippen molar-refractivity contribution >= 4 is 5.97 Å². The molecule has 0 bridgehead atoms. The van der Waals surface area contributed by atoms with Crippen molar-refractivity contribution in [2.24, 2.45) is 0 Å². The standard InChI is InChI=1S/C14H21NO3/c1-11(14(17)18)13-6-4-12(5-7-13)10-15-8-2-3-9-16/h4-7,11,15-16H,2-3,8-10H2,1H3,(H,17,18). The van der Waals surface area contributed by atoms with Crippen LogP contribution >= 0.6 is 0 Å². The molecule has 0 aliphatic carbocycles. The van der Waals surface area contributed by atoms with Gasteiger partial charge in [-0.25, -0.2) is 0 Å². The van der Waals surface area contributed by atoms with E-state index in [0.29, 0.717) is 0 Å². The molecule has 0 heterocycles. The number of carbonyl (C=O) groups is 1. The molecule has 100 valence electrons. The highest BCUT2D eigenvalue weighted by molar-refractivity contribution is 5.75. The fraction of sp³-hybridized carbons (Fsp3) is 0.500. The first-order valence-electron chi connectivity index (χ1n) is 6.28. The highest BCUT2D eigenvalue weighted by Crippen LogP contribution is 2.15. The van der Waals surface area contributed by atoms with Crippen molar-refractivity contribution in [3.63, 3.8) is 0 Å². The van der Waals surface area contributed by atoms with Gasteiger partial charge in [-0.2, -0.15) is 0 Å². The van der Waals surface area contributed by atoms with Crippen LogP contribution in [0.1, 0.15) is 36.8 Å². The Labute approximate surface area is 108 Å². The van der Waals surface area contributed by atoms with Gasteiger partial charge in [-0.05, 0) is 37.4 Å². The minimum atomic E-state index is -0.801. The molecule has 3 N–H and O–H groups in total. The molecule has 4 nitrogen and oxygen atoms in total. The topological polar surface area (TPSA) is 69.6 Å². The van der Waals surface area contributed by atoms with Crippen molar-refractivity contribution in [3.05, 3.63) is 35.4 Å². The summed E-state index contributed by atoms with van der Waals surface area (Å²) in [5.41, 5.74) is 1.96. The normalized spacial score (nSPS) is 12.3. The lowest BCUT2D eigenvalue weighted by Gasteiger charge is -2.08. The zero-order valence-corrected chi connectivity index (χ0v) is 10.7. The second-order valence-corrected chi connectivity index (χ2v) is 4.41. The Hall–Kier alpha value is -1.39. The predicted octanol–water partition coefficient (Wildman–Crippen LogP) is 1.74. The quantitative estimate of drug-likeness (QED) is 0.615. The van der Waals surface area contributed by atoms with Gasteiger partial charge >= 0.3 is 5.97 Å². The van der Waals surface area contributed by atoms with Crippen LogP contribution in [0.4, 0.5) is 0 Å². The summed E-state index contributed by atoms with van der Waals surface area (Å²) in [6.07, 6.45) is 1.78. The molecule has 4 heteroatoms. The number of carboxylic acid groups (broad SMARTS) is 1. The summed E-state index contributed by atoms with van der Waals surface area (Å²) in [5.74, 6) is -1.26. The SMILES string of the molecule is CC(C(=O)O)c1ccc(CNCCCCO)cc1. The highest BCUT2D eigenvalue weighted by atomic mass is 16.4. The van der Waals surface area contributed by atoms with Crippen LogP contribution in [-0.2, 0) is 11.3 Å². The first kappa shape index (κ1) is 14.7. The van der Waals surface area contributed by atoms with Crippen LogP contribution < -0.4 is 5.32 Å². The number of rotatable bonds is 8. The minimum absolute atomic E-state index is 0.240. The summed E-state index contributed by atoms with van der Waals surface area (Å²) in [5, 5.41) is 20.8. The van der Waals surface area contributed by atoms with Gasteiger partial charge < -0.3 is 15.5 Å². The summed E-state index contributed by atoms with van der Waals surface area (Å²) < 4.78 is 0. The predicted molar refractivity (Wildman–Crippen MR) is 70.5 cm³/mol. The van der Waals surface area contributed by atoms with Gasteiger partial charge in [0.15, 0.2) is 0 Å². The van der Waals surface area contributed by atoms with E-state index in [4.69, 9.17) is 10.2 Å². The minimum Gasteiger partial charge on any atom is -0.481 e. The Bertz CT molecular complexity index is 362. The van der Waals surface area contributed by atoms with E-state index >= 15 is 0 Å². The average molecular weight is 251 g/mol. The third-order valence-electron chi connectivity index (χ3n) is 2.94. The second kappa shape index (κ2) is 7.84. The summed E-state index contributed by atoms with van der Waals surface area (Å²) in [6.45, 7) is 3.58. The van der Waals surface area contributed by atoms with Gasteiger partial charge in [-0.3, -0.25) is 4.79 Å². The lowest BCUT2D eigenvalue weighted by molar-refractivity contribution is -0.138. The summed E-state index contributed by atoms with van der Waals surface area (Å²) in [4.78, 5) is 10.8. The number of carboxylic acids is 1. The molecule has 0 aromatic heterocycles. The largest absolute Gasteiger partial charge is 0.481 e. The molecule has 0 saturated heterocycles. The molecule has 0 saturated carbocycles. The highest BCUT2D eigenvalue weighted by Gasteiger charge is 2.12. The van der Waals surface area contributed by atoms with Crippen LogP contribution in [0.15, 0.2) is 24.3 Å². The van der Waals surface area contributed by atoms with E-state index in [1.54, 1.807) is 6.92 Å². The summed E-state index contributed by atoms with van der Waals surface area (Å²) in [7, 11) is 0. The number of unbranched alkanes of at least 4 members (excludes halogenated alkanes) is 1. The third kappa shape index (κ3) is 4.85. The van der Waals surface area contributed by atoms with E-state index in [-0.39, 0.29) is 6.61 Å². The first-order valence-corrected chi connectivity index (χ1v) is 6.28. The number of hydrogen-bond donors (Lipinski definition) is 3. The van der Waals surface area contributed by atoms with Crippen molar-refractivity contribution in [1.82, 2.24) is 5.32 Å². The maximum atomic E-state index is 10.8. The van der Waals surface area contributed by atoms with E-state index < -0.39 is 11.9 Å². The van der Waals surface area contributed by atoms with E-state index in [2.05, 4.69) is 5.32 Å². The third-order valence-corrected chi connectivity index (χ3v) is 2.94. The maximum Gasteiger partial charge on any atom is 0.310 e. The van der Waals surface area contributed by atoms with E-state index in [1.165, 1.54) is 0 Å². The molecule has 0 radical (unpaired) electrons. The maximum absolute atomic E-state index is 10.8. The van der Waals surface area contributed by atoms with Crippen LogP contribution in [-0.4, -0.2) is 29.3 Å². The van der Waals surface area contributed by atoms with Gasteiger partial charge in [-0.15, -0.1) is 0 Å². The molecule has 1 rings (SSSR count). The van der Waals surface area contributed by atoms with E-state index in [1.807, 2.05) is 24.3 Å². The van der Waals surface area contributed by atoms with Crippen LogP contribution in [0, 0.1) is 0 Å². The molecule has 18 heavy (non-hydrogen) atoms. The van der Waals surface area contributed by atoms with Crippen molar-refractivity contribution < 1.29 is 15.0 Å². The van der Waals surface area contributed by atoms with Crippen LogP contribution in [0.3, 0.4) is 0 Å². The lowest BCUT2D eigenvalue weighted by Crippen LogP contribution is -2.15. The van der Waals surface area contributed by atoms with Gasteiger partial charge in [0.2, 0.25) is 0 Å². The molecule has 0 fully saturated rings. The molecule has 0 aliphatic heterocycles. The molecule has 0 spiro atoms. The number of aliphatic hydroxyl groups excluding tert-OH is 1. The average Bonchev–Trinajstić information content (AvgIpc) is 2.38. The molecule has 1 aromatic carbocycles. The Balaban J connectivity index is 2.38. The molecule has 0 amide bonds. The second-order valence-electron chi connectivity index (χ2n) is 4.41. The van der Waals surface area contributed by atoms with E-state index in [9.17, 15) is 4.79 Å². The fourth-order valence-corrected chi connectivity index (χ4v) is 1.66. The van der Waals surface area contributed by atoms with Crippen molar-refractivity contribution in [3.8, 4) is 0 Å². The lowest BCUT2D eigenvalue weighted by atomic mass is 10.00. The van der Waals surface area contributed by atoms with Gasteiger partial charge in [0.1, 0.15) is 0 Å². The monoisotopic (exact) mass is 251 g/mol. The molecule has 1 atom stereocenters. The van der Waals surface area contributed by atoms with Gasteiger partial charge in [0.25, 0.3) is 0 Å². The Morgan fingerprint density at radius 1 is 1.28 bits per heavy atom. The molecule has 0 aliphatic rings. The van der Waals surface area contributed by atoms with Crippen molar-refractivity contribution in [2.75, 3.05) is 13.2 Å². The summed E-state index contributed by atoms with van der Waals surface area (Å²) >= 11 is 0. The van der Waals surface area contributed by atoms with Crippen molar-refractivity contribution in [2.45, 2.75) is 32.2 Å². The van der Waals surface area contributed by atoms with E-state index in [0.717, 1.165) is 37.1 Å². The molecule has 1 unspecified atom stereocenters. The Morgan fingerprint density at radius 2 is 1.94 bits per heavy atom. The number of aliphatic carboxylic acids is 1. The van der Waals surface area contributed by atoms with Gasteiger partial charge in [0, 0.05) is 13.2 Å². The van der Waals surface area contributed by atoms with Crippen molar-refractivity contribution in [1.29, 1.82) is 0 Å². The number of nitrogens with one attached hydrogen (secondary N) is 1. The zero-order valence-electron chi connectivity index (χ0n) is 10.7.